The van der Waals surface area contributed by atoms with Crippen LogP contribution in [0.1, 0.15) is 52.6 Å². The summed E-state index contributed by atoms with van der Waals surface area (Å²) in [6.45, 7) is 0. The molecule has 43 heavy (non-hydrogen) atoms. The van der Waals surface area contributed by atoms with E-state index < -0.39 is 75.6 Å². The Morgan fingerprint density at radius 1 is 0.465 bits per heavy atom. The summed E-state index contributed by atoms with van der Waals surface area (Å²) < 4.78 is 52.8. The highest BCUT2D eigenvalue weighted by Gasteiger charge is 2.30. The summed E-state index contributed by atoms with van der Waals surface area (Å²) in [5, 5.41) is 37.6. The fourth-order valence-electron chi connectivity index (χ4n) is 4.37. The standard InChI is InChI=1S/C29H20O12S2/c30-26(31)20-3-1-5-22(24(20)28(34)35)42(38,39)18-11-7-16(8-12-18)15-17-9-13-19(14-10-17)43(40,41)23-6-2-4-21(27(32)33)25(23)29(36)37/h1-14H,15H2,(H,30,31)(H,32,33)(H,34,35)(H,36,37). The van der Waals surface area contributed by atoms with Crippen molar-refractivity contribution in [3.63, 3.8) is 0 Å². The molecule has 14 heteroatoms. The smallest absolute Gasteiger partial charge is 0.337 e. The maximum Gasteiger partial charge on any atom is 0.337 e. The van der Waals surface area contributed by atoms with Crippen LogP contribution in [0.25, 0.3) is 0 Å². The molecule has 220 valence electrons. The Morgan fingerprint density at radius 3 is 1.07 bits per heavy atom. The molecular formula is C29H20O12S2. The lowest BCUT2D eigenvalue weighted by atomic mass is 10.1. The molecule has 0 amide bonds. The molecule has 0 aromatic heterocycles. The average Bonchev–Trinajstić information content (AvgIpc) is 2.96. The lowest BCUT2D eigenvalue weighted by molar-refractivity contribution is 0.0648. The molecule has 4 aromatic rings. The van der Waals surface area contributed by atoms with Gasteiger partial charge in [-0.25, -0.2) is 36.0 Å². The lowest BCUT2D eigenvalue weighted by Crippen LogP contribution is -2.15. The number of carboxylic acids is 4. The van der Waals surface area contributed by atoms with Crippen molar-refractivity contribution in [2.24, 2.45) is 0 Å². The number of aromatic carboxylic acids is 4. The van der Waals surface area contributed by atoms with E-state index in [0.717, 1.165) is 36.4 Å². The Bertz CT molecular complexity index is 1860. The van der Waals surface area contributed by atoms with Gasteiger partial charge in [0.05, 0.1) is 41.8 Å². The van der Waals surface area contributed by atoms with Gasteiger partial charge in [0.25, 0.3) is 0 Å². The van der Waals surface area contributed by atoms with Crippen LogP contribution >= 0.6 is 0 Å². The molecule has 4 rings (SSSR count). The van der Waals surface area contributed by atoms with Crippen molar-refractivity contribution in [3.8, 4) is 0 Å². The van der Waals surface area contributed by atoms with Gasteiger partial charge in [0, 0.05) is 0 Å². The Morgan fingerprint density at radius 2 is 0.791 bits per heavy atom. The van der Waals surface area contributed by atoms with Crippen molar-refractivity contribution < 1.29 is 56.4 Å². The van der Waals surface area contributed by atoms with Crippen LogP contribution in [0, 0.1) is 0 Å². The monoisotopic (exact) mass is 624 g/mol. The molecular weight excluding hydrogens is 604 g/mol. The predicted octanol–water partition coefficient (Wildman–Crippen LogP) is 3.74. The van der Waals surface area contributed by atoms with Crippen LogP contribution < -0.4 is 0 Å². The van der Waals surface area contributed by atoms with Crippen molar-refractivity contribution in [2.45, 2.75) is 26.0 Å². The van der Waals surface area contributed by atoms with E-state index in [-0.39, 0.29) is 16.2 Å². The molecule has 4 N–H and O–H groups in total. The molecule has 0 heterocycles. The third-order valence-corrected chi connectivity index (χ3v) is 10.0. The molecule has 4 aromatic carbocycles. The van der Waals surface area contributed by atoms with Gasteiger partial charge < -0.3 is 20.4 Å². The fraction of sp³-hybridized carbons (Fsp3) is 0.0345. The zero-order chi connectivity index (χ0) is 31.7. The van der Waals surface area contributed by atoms with Gasteiger partial charge in [-0.1, -0.05) is 36.4 Å². The molecule has 0 spiro atoms. The van der Waals surface area contributed by atoms with E-state index in [2.05, 4.69) is 0 Å². The van der Waals surface area contributed by atoms with Crippen LogP contribution in [0.4, 0.5) is 0 Å². The largest absolute Gasteiger partial charge is 0.478 e. The van der Waals surface area contributed by atoms with Gasteiger partial charge in [0.15, 0.2) is 0 Å². The van der Waals surface area contributed by atoms with Crippen LogP contribution in [-0.4, -0.2) is 61.1 Å². The molecule has 0 aliphatic heterocycles. The predicted molar refractivity (Wildman–Crippen MR) is 147 cm³/mol. The fourth-order valence-corrected chi connectivity index (χ4v) is 7.31. The Balaban J connectivity index is 1.61. The number of carboxylic acid groups (broad SMARTS) is 4. The highest BCUT2D eigenvalue weighted by Crippen LogP contribution is 2.29. The number of benzene rings is 4. The van der Waals surface area contributed by atoms with Crippen molar-refractivity contribution in [2.75, 3.05) is 0 Å². The highest BCUT2D eigenvalue weighted by atomic mass is 32.2. The lowest BCUT2D eigenvalue weighted by Gasteiger charge is -2.12. The van der Waals surface area contributed by atoms with Gasteiger partial charge in [0.2, 0.25) is 19.7 Å². The third kappa shape index (κ3) is 5.86. The van der Waals surface area contributed by atoms with E-state index in [1.807, 2.05) is 0 Å². The van der Waals surface area contributed by atoms with Gasteiger partial charge in [0.1, 0.15) is 0 Å². The first-order valence-electron chi connectivity index (χ1n) is 12.0. The number of carbonyl (C=O) groups is 4. The number of rotatable bonds is 10. The minimum atomic E-state index is -4.42. The molecule has 0 saturated heterocycles. The maximum absolute atomic E-state index is 13.2. The van der Waals surface area contributed by atoms with Crippen LogP contribution in [-0.2, 0) is 26.1 Å². The summed E-state index contributed by atoms with van der Waals surface area (Å²) in [6.07, 6.45) is 0.213. The van der Waals surface area contributed by atoms with Crippen molar-refractivity contribution in [3.05, 3.63) is 118 Å². The van der Waals surface area contributed by atoms with Gasteiger partial charge in [-0.2, -0.15) is 0 Å². The van der Waals surface area contributed by atoms with E-state index >= 15 is 0 Å². The number of sulfone groups is 2. The van der Waals surface area contributed by atoms with Gasteiger partial charge in [-0.05, 0) is 66.1 Å². The summed E-state index contributed by atoms with van der Waals surface area (Å²) in [4.78, 5) is 44.4. The zero-order valence-corrected chi connectivity index (χ0v) is 23.3. The van der Waals surface area contributed by atoms with Gasteiger partial charge >= 0.3 is 23.9 Å². The van der Waals surface area contributed by atoms with E-state index in [4.69, 9.17) is 0 Å². The van der Waals surface area contributed by atoms with Crippen LogP contribution in [0.2, 0.25) is 0 Å². The molecule has 0 bridgehead atoms. The van der Waals surface area contributed by atoms with E-state index in [1.165, 1.54) is 48.5 Å². The Kier molecular flexibility index (Phi) is 8.19. The third-order valence-electron chi connectivity index (χ3n) is 6.40. The minimum Gasteiger partial charge on any atom is -0.478 e. The normalized spacial score (nSPS) is 11.5. The second-order valence-electron chi connectivity index (χ2n) is 9.05. The van der Waals surface area contributed by atoms with Gasteiger partial charge in [-0.3, -0.25) is 0 Å². The molecule has 0 aliphatic carbocycles. The van der Waals surface area contributed by atoms with E-state index in [1.54, 1.807) is 0 Å². The minimum absolute atomic E-state index is 0.213. The summed E-state index contributed by atoms with van der Waals surface area (Å²) in [6, 6.07) is 17.0. The SMILES string of the molecule is O=C(O)c1cccc(S(=O)(=O)c2ccc(Cc3ccc(S(=O)(=O)c4cccc(C(=O)O)c4C(=O)O)cc3)cc2)c1C(=O)O. The number of hydrogen-bond donors (Lipinski definition) is 4. The first kappa shape index (κ1) is 30.6. The van der Waals surface area contributed by atoms with Crippen LogP contribution in [0.5, 0.6) is 0 Å². The number of hydrogen-bond acceptors (Lipinski definition) is 8. The molecule has 0 saturated carbocycles. The topological polar surface area (TPSA) is 217 Å². The molecule has 0 aliphatic rings. The average molecular weight is 625 g/mol. The van der Waals surface area contributed by atoms with Crippen molar-refractivity contribution >= 4 is 43.6 Å². The first-order valence-corrected chi connectivity index (χ1v) is 15.0. The zero-order valence-electron chi connectivity index (χ0n) is 21.7. The second kappa shape index (κ2) is 11.5. The first-order chi connectivity index (χ1) is 20.2. The Hall–Kier alpha value is -5.34. The van der Waals surface area contributed by atoms with E-state index in [0.29, 0.717) is 11.1 Å². The molecule has 12 nitrogen and oxygen atoms in total. The van der Waals surface area contributed by atoms with Crippen molar-refractivity contribution in [1.29, 1.82) is 0 Å². The molecule has 0 fully saturated rings. The van der Waals surface area contributed by atoms with Crippen molar-refractivity contribution in [1.82, 2.24) is 0 Å². The summed E-state index contributed by atoms with van der Waals surface area (Å²) in [5.41, 5.74) is -1.89. The molecule has 0 unspecified atom stereocenters. The molecule has 0 radical (unpaired) electrons. The van der Waals surface area contributed by atoms with Gasteiger partial charge in [-0.15, -0.1) is 0 Å². The summed E-state index contributed by atoms with van der Waals surface area (Å²) >= 11 is 0. The van der Waals surface area contributed by atoms with Crippen LogP contribution in [0.3, 0.4) is 0 Å². The second-order valence-corrected chi connectivity index (χ2v) is 12.9. The molecule has 0 atom stereocenters. The Labute approximate surface area is 244 Å². The quantitative estimate of drug-likeness (QED) is 0.198. The summed E-state index contributed by atoms with van der Waals surface area (Å²) in [7, 11) is -8.83. The van der Waals surface area contributed by atoms with E-state index in [9.17, 15) is 56.4 Å². The maximum atomic E-state index is 13.2. The summed E-state index contributed by atoms with van der Waals surface area (Å²) in [5.74, 6) is -6.63. The van der Waals surface area contributed by atoms with Crippen LogP contribution in [0.15, 0.2) is 105 Å². The highest BCUT2D eigenvalue weighted by molar-refractivity contribution is 7.92.